The summed E-state index contributed by atoms with van der Waals surface area (Å²) in [5.74, 6) is 0. The first-order valence-electron chi connectivity index (χ1n) is 18.5. The molecule has 0 bridgehead atoms. The van der Waals surface area contributed by atoms with Gasteiger partial charge >= 0.3 is 0 Å². The fourth-order valence-corrected chi connectivity index (χ4v) is 9.03. The summed E-state index contributed by atoms with van der Waals surface area (Å²) in [6, 6.07) is 65.3. The molecule has 12 rings (SSSR count). The summed E-state index contributed by atoms with van der Waals surface area (Å²) in [6.45, 7) is 0. The highest BCUT2D eigenvalue weighted by atomic mass is 16.3. The lowest BCUT2D eigenvalue weighted by Gasteiger charge is -2.11. The van der Waals surface area contributed by atoms with E-state index in [1.165, 1.54) is 43.1 Å². The van der Waals surface area contributed by atoms with Crippen molar-refractivity contribution in [2.24, 2.45) is 0 Å². The van der Waals surface area contributed by atoms with Gasteiger partial charge in [0.2, 0.25) is 0 Å². The number of hydrogen-bond donors (Lipinski definition) is 0. The topological polar surface area (TPSA) is 26.3 Å². The lowest BCUT2D eigenvalue weighted by atomic mass is 9.92. The molecule has 2 heteroatoms. The predicted molar refractivity (Wildman–Crippen MR) is 227 cm³/mol. The first-order valence-corrected chi connectivity index (χ1v) is 18.5. The first kappa shape index (κ1) is 29.4. The molecule has 0 aliphatic rings. The van der Waals surface area contributed by atoms with Gasteiger partial charge in [0.1, 0.15) is 22.3 Å². The molecular weight excluding hydrogens is 657 g/mol. The van der Waals surface area contributed by atoms with Crippen molar-refractivity contribution in [3.8, 4) is 33.4 Å². The van der Waals surface area contributed by atoms with Gasteiger partial charge in [-0.1, -0.05) is 164 Å². The standard InChI is InChI=1S/C52H30O2/c1-2-14-31(15-3-1)48-51-46(42-26-12-24-40(49(42)53-51)44-28-32-16-4-6-18-34(32)36-20-8-10-22-38(36)44)30-47-43-27-13-25-41(50(43)54-52(47)48)45-29-33-17-5-7-19-35(33)37-21-9-11-23-39(37)45/h1-30H. The molecule has 10 aromatic carbocycles. The van der Waals surface area contributed by atoms with Crippen molar-refractivity contribution in [3.05, 3.63) is 182 Å². The second kappa shape index (κ2) is 11.2. The Morgan fingerprint density at radius 1 is 0.241 bits per heavy atom. The number of benzene rings is 10. The van der Waals surface area contributed by atoms with E-state index in [1.54, 1.807) is 0 Å². The SMILES string of the molecule is c1ccc(-c2c3oc4c(-c5cc6ccccc6c6ccccc56)cccc4c3cc3c2oc2c(-c4cc5ccccc5c5ccccc45)cccc23)cc1. The molecule has 0 atom stereocenters. The van der Waals surface area contributed by atoms with Gasteiger partial charge in [-0.2, -0.15) is 0 Å². The summed E-state index contributed by atoms with van der Waals surface area (Å²) in [6.07, 6.45) is 0. The molecule has 0 fully saturated rings. The van der Waals surface area contributed by atoms with Gasteiger partial charge in [-0.15, -0.1) is 0 Å². The molecule has 54 heavy (non-hydrogen) atoms. The van der Waals surface area contributed by atoms with Crippen molar-refractivity contribution in [2.45, 2.75) is 0 Å². The normalized spacial score (nSPS) is 12.1. The van der Waals surface area contributed by atoms with E-state index in [9.17, 15) is 0 Å². The van der Waals surface area contributed by atoms with Crippen LogP contribution in [-0.4, -0.2) is 0 Å². The lowest BCUT2D eigenvalue weighted by molar-refractivity contribution is 0.659. The Balaban J connectivity index is 1.18. The van der Waals surface area contributed by atoms with E-state index >= 15 is 0 Å². The highest BCUT2D eigenvalue weighted by Gasteiger charge is 2.24. The molecule has 2 aromatic heterocycles. The molecule has 2 heterocycles. The molecule has 0 N–H and O–H groups in total. The van der Waals surface area contributed by atoms with Gasteiger partial charge in [0.05, 0.1) is 5.56 Å². The minimum absolute atomic E-state index is 0.831. The Labute approximate surface area is 310 Å². The van der Waals surface area contributed by atoms with E-state index < -0.39 is 0 Å². The molecular formula is C52H30O2. The minimum Gasteiger partial charge on any atom is -0.455 e. The zero-order valence-electron chi connectivity index (χ0n) is 29.1. The van der Waals surface area contributed by atoms with Crippen LogP contribution in [0.2, 0.25) is 0 Å². The molecule has 0 aliphatic carbocycles. The number of fused-ring (bicyclic) bond motifs is 12. The van der Waals surface area contributed by atoms with Crippen molar-refractivity contribution >= 4 is 87.0 Å². The minimum atomic E-state index is 0.831. The number of rotatable bonds is 3. The van der Waals surface area contributed by atoms with Gasteiger partial charge < -0.3 is 8.83 Å². The van der Waals surface area contributed by atoms with Gasteiger partial charge in [-0.3, -0.25) is 0 Å². The van der Waals surface area contributed by atoms with Crippen LogP contribution in [0.15, 0.2) is 191 Å². The van der Waals surface area contributed by atoms with Gasteiger partial charge in [0.15, 0.2) is 0 Å². The Bertz CT molecular complexity index is 3280. The molecule has 0 saturated carbocycles. The summed E-state index contributed by atoms with van der Waals surface area (Å²) < 4.78 is 14.3. The third-order valence-corrected chi connectivity index (χ3v) is 11.4. The Hall–Kier alpha value is -7.16. The predicted octanol–water partition coefficient (Wildman–Crippen LogP) is 15.1. The van der Waals surface area contributed by atoms with Crippen molar-refractivity contribution in [1.29, 1.82) is 0 Å². The maximum Gasteiger partial charge on any atom is 0.147 e. The number of para-hydroxylation sites is 2. The highest BCUT2D eigenvalue weighted by molar-refractivity contribution is 6.26. The molecule has 0 unspecified atom stereocenters. The van der Waals surface area contributed by atoms with Crippen LogP contribution in [0.5, 0.6) is 0 Å². The second-order valence-electron chi connectivity index (χ2n) is 14.3. The van der Waals surface area contributed by atoms with Crippen molar-refractivity contribution in [3.63, 3.8) is 0 Å². The van der Waals surface area contributed by atoms with E-state index in [0.29, 0.717) is 0 Å². The number of hydrogen-bond acceptors (Lipinski definition) is 2. The molecule has 12 aromatic rings. The van der Waals surface area contributed by atoms with Crippen LogP contribution in [0, 0.1) is 0 Å². The summed E-state index contributed by atoms with van der Waals surface area (Å²) >= 11 is 0. The van der Waals surface area contributed by atoms with Crippen LogP contribution in [0.25, 0.3) is 120 Å². The van der Waals surface area contributed by atoms with Crippen LogP contribution in [-0.2, 0) is 0 Å². The van der Waals surface area contributed by atoms with Gasteiger partial charge in [0.25, 0.3) is 0 Å². The van der Waals surface area contributed by atoms with Crippen molar-refractivity contribution < 1.29 is 8.83 Å². The summed E-state index contributed by atoms with van der Waals surface area (Å²) in [5, 5.41) is 14.2. The van der Waals surface area contributed by atoms with Gasteiger partial charge in [-0.05, 0) is 78.0 Å². The molecule has 250 valence electrons. The van der Waals surface area contributed by atoms with E-state index in [1.807, 2.05) is 0 Å². The van der Waals surface area contributed by atoms with Gasteiger partial charge in [0, 0.05) is 32.7 Å². The third-order valence-electron chi connectivity index (χ3n) is 11.4. The Morgan fingerprint density at radius 2 is 0.648 bits per heavy atom. The Morgan fingerprint density at radius 3 is 1.15 bits per heavy atom. The molecule has 0 aliphatic heterocycles. The zero-order valence-corrected chi connectivity index (χ0v) is 29.1. The fourth-order valence-electron chi connectivity index (χ4n) is 9.03. The van der Waals surface area contributed by atoms with E-state index in [4.69, 9.17) is 8.83 Å². The lowest BCUT2D eigenvalue weighted by Crippen LogP contribution is -1.85. The average molecular weight is 687 g/mol. The van der Waals surface area contributed by atoms with E-state index in [2.05, 4.69) is 182 Å². The van der Waals surface area contributed by atoms with Crippen molar-refractivity contribution in [2.75, 3.05) is 0 Å². The fraction of sp³-hybridized carbons (Fsp3) is 0. The first-order chi connectivity index (χ1) is 26.8. The maximum absolute atomic E-state index is 7.15. The third kappa shape index (κ3) is 4.11. The van der Waals surface area contributed by atoms with Gasteiger partial charge in [-0.25, -0.2) is 0 Å². The molecule has 2 nitrogen and oxygen atoms in total. The molecule has 0 radical (unpaired) electrons. The maximum atomic E-state index is 7.15. The Kier molecular flexibility index (Phi) is 6.09. The highest BCUT2D eigenvalue weighted by Crippen LogP contribution is 2.49. The summed E-state index contributed by atoms with van der Waals surface area (Å²) in [4.78, 5) is 0. The second-order valence-corrected chi connectivity index (χ2v) is 14.3. The van der Waals surface area contributed by atoms with Crippen LogP contribution in [0.4, 0.5) is 0 Å². The largest absolute Gasteiger partial charge is 0.455 e. The molecule has 0 spiro atoms. The quantitative estimate of drug-likeness (QED) is 0.173. The van der Waals surface area contributed by atoms with Crippen LogP contribution >= 0.6 is 0 Å². The molecule has 0 amide bonds. The van der Waals surface area contributed by atoms with Crippen LogP contribution < -0.4 is 0 Å². The van der Waals surface area contributed by atoms with Crippen LogP contribution in [0.1, 0.15) is 0 Å². The van der Waals surface area contributed by atoms with E-state index in [0.717, 1.165) is 77.3 Å². The average Bonchev–Trinajstić information content (AvgIpc) is 3.81. The monoisotopic (exact) mass is 686 g/mol. The zero-order chi connectivity index (χ0) is 35.3. The van der Waals surface area contributed by atoms with Crippen LogP contribution in [0.3, 0.4) is 0 Å². The smallest absolute Gasteiger partial charge is 0.147 e. The van der Waals surface area contributed by atoms with Crippen molar-refractivity contribution in [1.82, 2.24) is 0 Å². The molecule has 0 saturated heterocycles. The summed E-state index contributed by atoms with van der Waals surface area (Å²) in [5.41, 5.74) is 9.94. The summed E-state index contributed by atoms with van der Waals surface area (Å²) in [7, 11) is 0. The van der Waals surface area contributed by atoms with E-state index in [-0.39, 0.29) is 0 Å². The number of furan rings is 2.